The van der Waals surface area contributed by atoms with E-state index in [9.17, 15) is 8.42 Å². The first-order chi connectivity index (χ1) is 10.0. The average Bonchev–Trinajstić information content (AvgIpc) is 2.97. The highest BCUT2D eigenvalue weighted by atomic mass is 35.5. The Morgan fingerprint density at radius 1 is 1.43 bits per heavy atom. The monoisotopic (exact) mass is 341 g/mol. The summed E-state index contributed by atoms with van der Waals surface area (Å²) in [7, 11) is -3.80. The first-order valence-electron chi connectivity index (χ1n) is 6.24. The van der Waals surface area contributed by atoms with E-state index in [1.54, 1.807) is 23.7 Å². The van der Waals surface area contributed by atoms with Crippen molar-refractivity contribution in [2.45, 2.75) is 18.4 Å². The van der Waals surface area contributed by atoms with Crippen LogP contribution in [0.4, 0.5) is 5.69 Å². The van der Waals surface area contributed by atoms with Crippen LogP contribution in [0.1, 0.15) is 12.5 Å². The Balaban J connectivity index is 2.04. The van der Waals surface area contributed by atoms with E-state index in [-0.39, 0.29) is 10.2 Å². The van der Waals surface area contributed by atoms with Gasteiger partial charge in [0, 0.05) is 17.3 Å². The van der Waals surface area contributed by atoms with Gasteiger partial charge in [-0.15, -0.1) is 11.3 Å². The maximum absolute atomic E-state index is 12.5. The molecule has 0 bridgehead atoms. The topological polar surface area (TPSA) is 63.5 Å². The lowest BCUT2D eigenvalue weighted by molar-refractivity contribution is 0.596. The predicted molar refractivity (Wildman–Crippen MR) is 84.7 cm³/mol. The second-order valence-corrected chi connectivity index (χ2v) is 7.25. The van der Waals surface area contributed by atoms with Gasteiger partial charge in [-0.3, -0.25) is 9.12 Å². The molecule has 0 radical (unpaired) electrons. The molecule has 2 heterocycles. The van der Waals surface area contributed by atoms with Crippen LogP contribution in [0.15, 0.2) is 40.9 Å². The van der Waals surface area contributed by atoms with Crippen molar-refractivity contribution in [1.29, 1.82) is 0 Å². The van der Waals surface area contributed by atoms with Gasteiger partial charge >= 0.3 is 0 Å². The van der Waals surface area contributed by atoms with Crippen molar-refractivity contribution in [2.75, 3.05) is 4.72 Å². The second-order valence-electron chi connectivity index (χ2n) is 4.42. The predicted octanol–water partition coefficient (Wildman–Crippen LogP) is 3.41. The molecule has 0 atom stereocenters. The molecule has 8 heteroatoms. The van der Waals surface area contributed by atoms with Crippen molar-refractivity contribution in [1.82, 2.24) is 9.38 Å². The lowest BCUT2D eigenvalue weighted by Gasteiger charge is -2.08. The maximum Gasteiger partial charge on any atom is 0.281 e. The molecule has 0 fully saturated rings. The molecule has 3 aromatic rings. The number of hydrogen-bond acceptors (Lipinski definition) is 4. The maximum atomic E-state index is 12.5. The number of anilines is 1. The fraction of sp³-hybridized carbons (Fsp3) is 0.154. The van der Waals surface area contributed by atoms with E-state index in [1.807, 2.05) is 19.1 Å². The summed E-state index contributed by atoms with van der Waals surface area (Å²) < 4.78 is 29.1. The molecule has 0 spiro atoms. The Labute approximate surface area is 131 Å². The normalized spacial score (nSPS) is 11.9. The van der Waals surface area contributed by atoms with Crippen molar-refractivity contribution in [2.24, 2.45) is 0 Å². The summed E-state index contributed by atoms with van der Waals surface area (Å²) in [6.45, 7) is 2.01. The molecule has 21 heavy (non-hydrogen) atoms. The zero-order chi connectivity index (χ0) is 15.0. The molecular formula is C13H12ClN3O2S2. The molecule has 0 unspecified atom stereocenters. The fourth-order valence-corrected chi connectivity index (χ4v) is 4.54. The number of thiazole rings is 1. The SMILES string of the molecule is CCc1cccc(NS(=O)(=O)c2c(Cl)nc3sccn23)c1. The van der Waals surface area contributed by atoms with Crippen LogP contribution in [-0.4, -0.2) is 17.8 Å². The highest BCUT2D eigenvalue weighted by Crippen LogP contribution is 2.27. The molecule has 1 aromatic carbocycles. The Hall–Kier alpha value is -1.57. The summed E-state index contributed by atoms with van der Waals surface area (Å²) in [4.78, 5) is 4.59. The lowest BCUT2D eigenvalue weighted by atomic mass is 10.1. The fourth-order valence-electron chi connectivity index (χ4n) is 2.04. The molecule has 110 valence electrons. The van der Waals surface area contributed by atoms with Crippen LogP contribution >= 0.6 is 22.9 Å². The first kappa shape index (κ1) is 14.4. The van der Waals surface area contributed by atoms with Gasteiger partial charge in [-0.1, -0.05) is 30.7 Å². The number of hydrogen-bond donors (Lipinski definition) is 1. The second kappa shape index (κ2) is 5.32. The Morgan fingerprint density at radius 2 is 2.24 bits per heavy atom. The zero-order valence-corrected chi connectivity index (χ0v) is 13.5. The van der Waals surface area contributed by atoms with Gasteiger partial charge in [0.15, 0.2) is 15.1 Å². The van der Waals surface area contributed by atoms with Crippen LogP contribution < -0.4 is 4.72 Å². The standard InChI is InChI=1S/C13H12ClN3O2S2/c1-2-9-4-3-5-10(8-9)16-21(18,19)12-11(14)15-13-17(12)6-7-20-13/h3-8,16H,2H2,1H3. The number of nitrogens with one attached hydrogen (secondary N) is 1. The molecule has 1 N–H and O–H groups in total. The summed E-state index contributed by atoms with van der Waals surface area (Å²) in [5.74, 6) is 0. The van der Waals surface area contributed by atoms with E-state index >= 15 is 0 Å². The van der Waals surface area contributed by atoms with Crippen molar-refractivity contribution < 1.29 is 8.42 Å². The molecule has 0 saturated carbocycles. The van der Waals surface area contributed by atoms with Gasteiger partial charge in [0.1, 0.15) is 0 Å². The van der Waals surface area contributed by atoms with Gasteiger partial charge in [-0.25, -0.2) is 4.98 Å². The van der Waals surface area contributed by atoms with Crippen molar-refractivity contribution in [3.8, 4) is 0 Å². The van der Waals surface area contributed by atoms with E-state index in [1.165, 1.54) is 15.7 Å². The number of aromatic nitrogens is 2. The highest BCUT2D eigenvalue weighted by Gasteiger charge is 2.25. The minimum atomic E-state index is -3.80. The third kappa shape index (κ3) is 2.64. The minimum Gasteiger partial charge on any atom is -0.278 e. The summed E-state index contributed by atoms with van der Waals surface area (Å²) in [5, 5.41) is 1.69. The van der Waals surface area contributed by atoms with Crippen LogP contribution in [0, 0.1) is 0 Å². The molecule has 0 saturated heterocycles. The third-order valence-corrected chi connectivity index (χ3v) is 5.56. The Kier molecular flexibility index (Phi) is 3.64. The van der Waals surface area contributed by atoms with E-state index in [0.717, 1.165) is 12.0 Å². The van der Waals surface area contributed by atoms with E-state index in [0.29, 0.717) is 10.6 Å². The summed E-state index contributed by atoms with van der Waals surface area (Å²) in [6.07, 6.45) is 2.47. The van der Waals surface area contributed by atoms with Gasteiger partial charge in [-0.2, -0.15) is 8.42 Å². The van der Waals surface area contributed by atoms with Gasteiger partial charge < -0.3 is 0 Å². The molecule has 0 aliphatic heterocycles. The number of sulfonamides is 1. The zero-order valence-electron chi connectivity index (χ0n) is 11.1. The third-order valence-electron chi connectivity index (χ3n) is 3.02. The molecule has 0 aliphatic carbocycles. The molecule has 5 nitrogen and oxygen atoms in total. The highest BCUT2D eigenvalue weighted by molar-refractivity contribution is 7.92. The average molecular weight is 342 g/mol. The van der Waals surface area contributed by atoms with Gasteiger partial charge in [0.05, 0.1) is 0 Å². The lowest BCUT2D eigenvalue weighted by Crippen LogP contribution is -2.15. The minimum absolute atomic E-state index is 0.0269. The van der Waals surface area contributed by atoms with Gasteiger partial charge in [0.25, 0.3) is 10.0 Å². The molecular weight excluding hydrogens is 330 g/mol. The molecule has 2 aromatic heterocycles. The van der Waals surface area contributed by atoms with Gasteiger partial charge in [-0.05, 0) is 24.1 Å². The van der Waals surface area contributed by atoms with Crippen LogP contribution in [0.5, 0.6) is 0 Å². The van der Waals surface area contributed by atoms with E-state index in [2.05, 4.69) is 9.71 Å². The Morgan fingerprint density at radius 3 is 3.00 bits per heavy atom. The van der Waals surface area contributed by atoms with Crippen LogP contribution in [-0.2, 0) is 16.4 Å². The smallest absolute Gasteiger partial charge is 0.278 e. The number of nitrogens with zero attached hydrogens (tertiary/aromatic N) is 2. The van der Waals surface area contributed by atoms with Crippen molar-refractivity contribution >= 4 is 43.6 Å². The van der Waals surface area contributed by atoms with E-state index < -0.39 is 10.0 Å². The number of fused-ring (bicyclic) bond motifs is 1. The number of halogens is 1. The quantitative estimate of drug-likeness (QED) is 0.791. The summed E-state index contributed by atoms with van der Waals surface area (Å²) in [6, 6.07) is 7.27. The van der Waals surface area contributed by atoms with Crippen LogP contribution in [0.3, 0.4) is 0 Å². The number of aryl methyl sites for hydroxylation is 1. The van der Waals surface area contributed by atoms with Crippen LogP contribution in [0.2, 0.25) is 5.15 Å². The van der Waals surface area contributed by atoms with Crippen molar-refractivity contribution in [3.05, 3.63) is 46.6 Å². The first-order valence-corrected chi connectivity index (χ1v) is 8.98. The van der Waals surface area contributed by atoms with Crippen molar-refractivity contribution in [3.63, 3.8) is 0 Å². The number of benzene rings is 1. The molecule has 0 aliphatic rings. The largest absolute Gasteiger partial charge is 0.281 e. The number of imidazole rings is 1. The molecule has 0 amide bonds. The van der Waals surface area contributed by atoms with E-state index in [4.69, 9.17) is 11.6 Å². The summed E-state index contributed by atoms with van der Waals surface area (Å²) >= 11 is 7.30. The van der Waals surface area contributed by atoms with Crippen LogP contribution in [0.25, 0.3) is 4.96 Å². The Bertz CT molecular complexity index is 899. The summed E-state index contributed by atoms with van der Waals surface area (Å²) in [5.41, 5.74) is 1.56. The molecule has 3 rings (SSSR count). The number of rotatable bonds is 4. The van der Waals surface area contributed by atoms with Gasteiger partial charge in [0.2, 0.25) is 0 Å².